The fraction of sp³-hybridized carbons (Fsp3) is 0.133. The Bertz CT molecular complexity index is 763. The van der Waals surface area contributed by atoms with Gasteiger partial charge in [0.05, 0.1) is 11.0 Å². The summed E-state index contributed by atoms with van der Waals surface area (Å²) in [5, 5.41) is 8.60. The third-order valence-electron chi connectivity index (χ3n) is 3.03. The Hall–Kier alpha value is -1.68. The molecule has 0 heterocycles. The van der Waals surface area contributed by atoms with E-state index >= 15 is 0 Å². The van der Waals surface area contributed by atoms with Crippen molar-refractivity contribution in [3.05, 3.63) is 53.0 Å². The summed E-state index contributed by atoms with van der Waals surface area (Å²) >= 11 is 3.38. The zero-order chi connectivity index (χ0) is 15.5. The fourth-order valence-corrected chi connectivity index (χ4v) is 3.16. The van der Waals surface area contributed by atoms with E-state index in [4.69, 9.17) is 5.26 Å². The van der Waals surface area contributed by atoms with Gasteiger partial charge in [0.2, 0.25) is 10.0 Å². The third-order valence-corrected chi connectivity index (χ3v) is 5.38. The van der Waals surface area contributed by atoms with Crippen molar-refractivity contribution in [3.8, 4) is 17.2 Å². The van der Waals surface area contributed by atoms with E-state index in [0.717, 1.165) is 19.9 Å². The number of nitrogens with zero attached hydrogens (tertiary/aromatic N) is 2. The van der Waals surface area contributed by atoms with Gasteiger partial charge in [-0.25, -0.2) is 8.42 Å². The lowest BCUT2D eigenvalue weighted by Gasteiger charge is -2.13. The summed E-state index contributed by atoms with van der Waals surface area (Å²) in [7, 11) is -2.21. The molecule has 0 aliphatic heterocycles. The molecule has 2 rings (SSSR count). The van der Waals surface area contributed by atoms with Crippen LogP contribution in [0.25, 0.3) is 11.1 Å². The van der Waals surface area contributed by atoms with E-state index < -0.39 is 10.0 Å². The molecule has 2 aromatic carbocycles. The number of rotatable bonds is 4. The van der Waals surface area contributed by atoms with Gasteiger partial charge >= 0.3 is 0 Å². The summed E-state index contributed by atoms with van der Waals surface area (Å²) in [6.45, 7) is -0.170. The lowest BCUT2D eigenvalue weighted by atomic mass is 10.1. The highest BCUT2D eigenvalue weighted by atomic mass is 79.9. The van der Waals surface area contributed by atoms with Gasteiger partial charge in [-0.05, 0) is 35.4 Å². The molecule has 4 nitrogen and oxygen atoms in total. The van der Waals surface area contributed by atoms with Crippen molar-refractivity contribution < 1.29 is 8.42 Å². The molecule has 0 fully saturated rings. The summed E-state index contributed by atoms with van der Waals surface area (Å²) in [6.07, 6.45) is 0. The standard InChI is InChI=1S/C15H13BrN2O2S/c1-18(11-10-17)21(19,20)15-8-4-13(5-9-15)12-2-6-14(16)7-3-12/h2-9H,11H2,1H3. The maximum atomic E-state index is 12.2. The van der Waals surface area contributed by atoms with Gasteiger partial charge in [0.1, 0.15) is 6.54 Å². The molecule has 0 saturated carbocycles. The molecule has 108 valence electrons. The van der Waals surface area contributed by atoms with Crippen LogP contribution in [0.1, 0.15) is 0 Å². The Balaban J connectivity index is 2.31. The Morgan fingerprint density at radius 3 is 2.00 bits per heavy atom. The summed E-state index contributed by atoms with van der Waals surface area (Å²) in [4.78, 5) is 0.182. The first-order valence-electron chi connectivity index (χ1n) is 6.14. The van der Waals surface area contributed by atoms with Gasteiger partial charge in [0, 0.05) is 11.5 Å². The highest BCUT2D eigenvalue weighted by Gasteiger charge is 2.20. The van der Waals surface area contributed by atoms with Crippen LogP contribution in [-0.2, 0) is 10.0 Å². The fourth-order valence-electron chi connectivity index (χ4n) is 1.83. The van der Waals surface area contributed by atoms with Gasteiger partial charge in [-0.1, -0.05) is 40.2 Å². The van der Waals surface area contributed by atoms with Gasteiger partial charge in [0.25, 0.3) is 0 Å². The van der Waals surface area contributed by atoms with Crippen LogP contribution in [0.4, 0.5) is 0 Å². The maximum absolute atomic E-state index is 12.2. The van der Waals surface area contributed by atoms with Crippen LogP contribution in [0.2, 0.25) is 0 Å². The minimum absolute atomic E-state index is 0.170. The Morgan fingerprint density at radius 1 is 1.05 bits per heavy atom. The van der Waals surface area contributed by atoms with Crippen molar-refractivity contribution in [2.24, 2.45) is 0 Å². The first-order valence-corrected chi connectivity index (χ1v) is 8.38. The van der Waals surface area contributed by atoms with Gasteiger partial charge in [-0.2, -0.15) is 9.57 Å². The molecule has 0 spiro atoms. The second kappa shape index (κ2) is 6.39. The van der Waals surface area contributed by atoms with Crippen LogP contribution in [-0.4, -0.2) is 26.3 Å². The lowest BCUT2D eigenvalue weighted by Crippen LogP contribution is -2.27. The molecule has 0 unspecified atom stereocenters. The van der Waals surface area contributed by atoms with Crippen molar-refractivity contribution in [3.63, 3.8) is 0 Å². The van der Waals surface area contributed by atoms with Crippen LogP contribution >= 0.6 is 15.9 Å². The second-order valence-corrected chi connectivity index (χ2v) is 7.41. The van der Waals surface area contributed by atoms with Crippen molar-refractivity contribution >= 4 is 26.0 Å². The molecule has 0 N–H and O–H groups in total. The van der Waals surface area contributed by atoms with E-state index in [1.54, 1.807) is 24.3 Å². The zero-order valence-corrected chi connectivity index (χ0v) is 13.7. The van der Waals surface area contributed by atoms with Crippen LogP contribution in [0.15, 0.2) is 57.9 Å². The Labute approximate surface area is 132 Å². The smallest absolute Gasteiger partial charge is 0.207 e. The molecule has 0 atom stereocenters. The number of nitriles is 1. The summed E-state index contributed by atoms with van der Waals surface area (Å²) < 4.78 is 26.4. The summed E-state index contributed by atoms with van der Waals surface area (Å²) in [5.41, 5.74) is 1.94. The minimum Gasteiger partial charge on any atom is -0.207 e. The van der Waals surface area contributed by atoms with E-state index in [1.165, 1.54) is 7.05 Å². The topological polar surface area (TPSA) is 61.2 Å². The quantitative estimate of drug-likeness (QED) is 0.782. The number of hydrogen-bond donors (Lipinski definition) is 0. The number of halogens is 1. The number of sulfonamides is 1. The van der Waals surface area contributed by atoms with E-state index in [2.05, 4.69) is 15.9 Å². The Kier molecular flexibility index (Phi) is 4.78. The van der Waals surface area contributed by atoms with Gasteiger partial charge in [-0.15, -0.1) is 0 Å². The van der Waals surface area contributed by atoms with E-state index in [0.29, 0.717) is 0 Å². The van der Waals surface area contributed by atoms with Crippen molar-refractivity contribution in [2.45, 2.75) is 4.90 Å². The SMILES string of the molecule is CN(CC#N)S(=O)(=O)c1ccc(-c2ccc(Br)cc2)cc1. The summed E-state index contributed by atoms with van der Waals surface area (Å²) in [5.74, 6) is 0. The number of benzene rings is 2. The lowest BCUT2D eigenvalue weighted by molar-refractivity contribution is 0.501. The van der Waals surface area contributed by atoms with Crippen molar-refractivity contribution in [1.29, 1.82) is 5.26 Å². The zero-order valence-electron chi connectivity index (χ0n) is 11.3. The van der Waals surface area contributed by atoms with Gasteiger partial charge in [0.15, 0.2) is 0 Å². The molecular formula is C15H13BrN2O2S. The first-order chi connectivity index (χ1) is 9.95. The van der Waals surface area contributed by atoms with Crippen molar-refractivity contribution in [1.82, 2.24) is 4.31 Å². The molecule has 0 aromatic heterocycles. The van der Waals surface area contributed by atoms with Crippen LogP contribution in [0.3, 0.4) is 0 Å². The average molecular weight is 365 g/mol. The predicted molar refractivity (Wildman–Crippen MR) is 85.0 cm³/mol. The molecule has 21 heavy (non-hydrogen) atoms. The molecule has 0 aliphatic carbocycles. The predicted octanol–water partition coefficient (Wildman–Crippen LogP) is 3.26. The molecule has 0 aliphatic rings. The number of hydrogen-bond acceptors (Lipinski definition) is 3. The second-order valence-electron chi connectivity index (χ2n) is 4.45. The minimum atomic E-state index is -3.60. The van der Waals surface area contributed by atoms with Crippen LogP contribution in [0.5, 0.6) is 0 Å². The van der Waals surface area contributed by atoms with Gasteiger partial charge < -0.3 is 0 Å². The third kappa shape index (κ3) is 3.50. The molecule has 0 bridgehead atoms. The van der Waals surface area contributed by atoms with Crippen LogP contribution in [0, 0.1) is 11.3 Å². The highest BCUT2D eigenvalue weighted by molar-refractivity contribution is 9.10. The van der Waals surface area contributed by atoms with E-state index in [-0.39, 0.29) is 11.4 Å². The first kappa shape index (κ1) is 15.7. The average Bonchev–Trinajstić information content (AvgIpc) is 2.48. The molecule has 2 aromatic rings. The molecule has 0 amide bonds. The highest BCUT2D eigenvalue weighted by Crippen LogP contribution is 2.24. The van der Waals surface area contributed by atoms with Gasteiger partial charge in [-0.3, -0.25) is 0 Å². The van der Waals surface area contributed by atoms with Crippen molar-refractivity contribution in [2.75, 3.05) is 13.6 Å². The van der Waals surface area contributed by atoms with Crippen LogP contribution < -0.4 is 0 Å². The summed E-state index contributed by atoms with van der Waals surface area (Å²) in [6, 6.07) is 16.2. The normalized spacial score (nSPS) is 11.3. The van der Waals surface area contributed by atoms with E-state index in [1.807, 2.05) is 30.3 Å². The molecular weight excluding hydrogens is 352 g/mol. The molecule has 6 heteroatoms. The Morgan fingerprint density at radius 2 is 1.52 bits per heavy atom. The molecule has 0 saturated heterocycles. The maximum Gasteiger partial charge on any atom is 0.243 e. The molecule has 0 radical (unpaired) electrons. The van der Waals surface area contributed by atoms with E-state index in [9.17, 15) is 8.42 Å². The largest absolute Gasteiger partial charge is 0.243 e. The monoisotopic (exact) mass is 364 g/mol.